The molecule has 3 nitrogen and oxygen atoms in total. The number of hydrogen-bond donors (Lipinski definition) is 0. The lowest BCUT2D eigenvalue weighted by Gasteiger charge is -2.01. The number of ketones is 1. The number of carbonyl (C=O) groups is 1. The molecule has 0 aliphatic carbocycles. The van der Waals surface area contributed by atoms with Crippen molar-refractivity contribution in [1.29, 1.82) is 0 Å². The van der Waals surface area contributed by atoms with Crippen molar-refractivity contribution in [2.75, 3.05) is 0 Å². The maximum Gasteiger partial charge on any atom is 0.204 e. The van der Waals surface area contributed by atoms with Crippen molar-refractivity contribution in [3.63, 3.8) is 0 Å². The summed E-state index contributed by atoms with van der Waals surface area (Å²) >= 11 is 5.73. The second-order valence-electron chi connectivity index (χ2n) is 3.13. The molecule has 0 amide bonds. The third kappa shape index (κ3) is 1.78. The molecule has 0 bridgehead atoms. The smallest absolute Gasteiger partial charge is 0.204 e. The summed E-state index contributed by atoms with van der Waals surface area (Å²) in [5.41, 5.74) is 1.78. The molecule has 0 saturated carbocycles. The molecule has 4 heteroatoms. The molecule has 0 atom stereocenters. The van der Waals surface area contributed by atoms with E-state index in [9.17, 15) is 4.79 Å². The topological polar surface area (TPSA) is 43.1 Å². The number of nitrogens with zero attached hydrogens (tertiary/aromatic N) is 1. The van der Waals surface area contributed by atoms with Gasteiger partial charge in [-0.1, -0.05) is 0 Å². The van der Waals surface area contributed by atoms with Crippen LogP contribution in [0.25, 0.3) is 0 Å². The van der Waals surface area contributed by atoms with Crippen molar-refractivity contribution < 1.29 is 9.21 Å². The Morgan fingerprint density at radius 1 is 1.40 bits per heavy atom. The summed E-state index contributed by atoms with van der Waals surface area (Å²) in [5.74, 6) is -0.167. The Balaban J connectivity index is 2.46. The van der Waals surface area contributed by atoms with Gasteiger partial charge in [-0.25, -0.2) is 0 Å². The molecule has 0 spiro atoms. The molecule has 2 aromatic heterocycles. The van der Waals surface area contributed by atoms with Crippen LogP contribution < -0.4 is 0 Å². The molecule has 0 N–H and O–H groups in total. The van der Waals surface area contributed by atoms with Gasteiger partial charge in [0.1, 0.15) is 0 Å². The minimum Gasteiger partial charge on any atom is -0.452 e. The van der Waals surface area contributed by atoms with Crippen LogP contribution in [0.3, 0.4) is 0 Å². The van der Waals surface area contributed by atoms with E-state index in [1.807, 2.05) is 6.92 Å². The average molecular weight is 222 g/mol. The zero-order chi connectivity index (χ0) is 10.8. The highest BCUT2D eigenvalue weighted by Gasteiger charge is 2.16. The van der Waals surface area contributed by atoms with Gasteiger partial charge in [0.25, 0.3) is 0 Å². The molecule has 0 fully saturated rings. The Hall–Kier alpha value is -1.61. The second-order valence-corrected chi connectivity index (χ2v) is 3.47. The van der Waals surface area contributed by atoms with Gasteiger partial charge >= 0.3 is 0 Å². The van der Waals surface area contributed by atoms with Crippen LogP contribution in [0.5, 0.6) is 0 Å². The summed E-state index contributed by atoms with van der Waals surface area (Å²) in [5, 5.41) is 0.114. The molecule has 0 saturated heterocycles. The predicted molar refractivity (Wildman–Crippen MR) is 56.1 cm³/mol. The molecule has 0 unspecified atom stereocenters. The highest BCUT2D eigenvalue weighted by atomic mass is 35.5. The van der Waals surface area contributed by atoms with Crippen LogP contribution in [0.4, 0.5) is 0 Å². The summed E-state index contributed by atoms with van der Waals surface area (Å²) in [6.45, 7) is 1.85. The van der Waals surface area contributed by atoms with Crippen LogP contribution >= 0.6 is 11.6 Å². The Morgan fingerprint density at radius 3 is 2.80 bits per heavy atom. The molecule has 15 heavy (non-hydrogen) atoms. The van der Waals surface area contributed by atoms with E-state index in [-0.39, 0.29) is 11.0 Å². The van der Waals surface area contributed by atoms with E-state index >= 15 is 0 Å². The highest BCUT2D eigenvalue weighted by Crippen LogP contribution is 2.21. The van der Waals surface area contributed by atoms with Crippen LogP contribution in [0.2, 0.25) is 5.22 Å². The van der Waals surface area contributed by atoms with Crippen LogP contribution in [0.15, 0.2) is 35.2 Å². The van der Waals surface area contributed by atoms with E-state index in [0.29, 0.717) is 11.1 Å². The fourth-order valence-corrected chi connectivity index (χ4v) is 1.50. The Bertz CT molecular complexity index is 505. The van der Waals surface area contributed by atoms with Gasteiger partial charge in [-0.3, -0.25) is 9.78 Å². The molecule has 0 aliphatic heterocycles. The van der Waals surface area contributed by atoms with Gasteiger partial charge in [0.2, 0.25) is 5.22 Å². The number of halogens is 1. The van der Waals surface area contributed by atoms with Crippen LogP contribution in [0, 0.1) is 6.92 Å². The number of furan rings is 1. The predicted octanol–water partition coefficient (Wildman–Crippen LogP) is 2.87. The van der Waals surface area contributed by atoms with Gasteiger partial charge < -0.3 is 4.42 Å². The van der Waals surface area contributed by atoms with Crippen LogP contribution in [-0.2, 0) is 0 Å². The first-order valence-electron chi connectivity index (χ1n) is 4.38. The quantitative estimate of drug-likeness (QED) is 0.733. The number of carbonyl (C=O) groups excluding carboxylic acids is 1. The lowest BCUT2D eigenvalue weighted by Crippen LogP contribution is -2.03. The molecule has 2 aromatic rings. The van der Waals surface area contributed by atoms with Crippen LogP contribution in [-0.4, -0.2) is 10.8 Å². The van der Waals surface area contributed by atoms with E-state index in [1.54, 1.807) is 18.3 Å². The van der Waals surface area contributed by atoms with Crippen LogP contribution in [0.1, 0.15) is 21.5 Å². The van der Waals surface area contributed by atoms with E-state index in [4.69, 9.17) is 16.0 Å². The first-order chi connectivity index (χ1) is 7.20. The molecule has 0 radical (unpaired) electrons. The Kier molecular flexibility index (Phi) is 2.56. The highest BCUT2D eigenvalue weighted by molar-refractivity contribution is 6.33. The number of aryl methyl sites for hydroxylation is 1. The summed E-state index contributed by atoms with van der Waals surface area (Å²) in [4.78, 5) is 15.9. The van der Waals surface area contributed by atoms with Gasteiger partial charge in [-0.2, -0.15) is 0 Å². The number of pyridine rings is 1. The van der Waals surface area contributed by atoms with E-state index < -0.39 is 0 Å². The molecular weight excluding hydrogens is 214 g/mol. The molecule has 0 aromatic carbocycles. The molecule has 2 rings (SSSR count). The van der Waals surface area contributed by atoms with E-state index in [2.05, 4.69) is 4.98 Å². The van der Waals surface area contributed by atoms with Crippen molar-refractivity contribution in [2.24, 2.45) is 0 Å². The van der Waals surface area contributed by atoms with Crippen molar-refractivity contribution in [1.82, 2.24) is 4.98 Å². The molecule has 2 heterocycles. The first-order valence-corrected chi connectivity index (χ1v) is 4.76. The summed E-state index contributed by atoms with van der Waals surface area (Å²) in [7, 11) is 0. The fraction of sp³-hybridized carbons (Fsp3) is 0.0909. The van der Waals surface area contributed by atoms with Crippen molar-refractivity contribution in [3.05, 3.63) is 52.7 Å². The van der Waals surface area contributed by atoms with E-state index in [1.165, 1.54) is 12.5 Å². The van der Waals surface area contributed by atoms with Gasteiger partial charge in [0.05, 0.1) is 11.8 Å². The standard InChI is InChI=1S/C11H8ClNO2/c1-7-2-4-13-6-9(7)10(14)8-3-5-15-11(8)12/h2-6H,1H3. The second kappa shape index (κ2) is 3.87. The zero-order valence-corrected chi connectivity index (χ0v) is 8.78. The van der Waals surface area contributed by atoms with Crippen molar-refractivity contribution in [2.45, 2.75) is 6.92 Å². The largest absolute Gasteiger partial charge is 0.452 e. The summed E-state index contributed by atoms with van der Waals surface area (Å²) < 4.78 is 4.87. The van der Waals surface area contributed by atoms with Gasteiger partial charge in [0, 0.05) is 18.0 Å². The minimum absolute atomic E-state index is 0.114. The molecule has 0 aliphatic rings. The van der Waals surface area contributed by atoms with Gasteiger partial charge in [-0.15, -0.1) is 0 Å². The summed E-state index contributed by atoms with van der Waals surface area (Å²) in [6, 6.07) is 3.33. The SMILES string of the molecule is Cc1ccncc1C(=O)c1ccoc1Cl. The van der Waals surface area contributed by atoms with Crippen molar-refractivity contribution >= 4 is 17.4 Å². The van der Waals surface area contributed by atoms with Crippen molar-refractivity contribution in [3.8, 4) is 0 Å². The summed E-state index contributed by atoms with van der Waals surface area (Å²) in [6.07, 6.45) is 4.56. The third-order valence-electron chi connectivity index (χ3n) is 2.15. The minimum atomic E-state index is -0.167. The molecular formula is C11H8ClNO2. The first kappa shape index (κ1) is 9.93. The van der Waals surface area contributed by atoms with Gasteiger partial charge in [-0.05, 0) is 36.2 Å². The Morgan fingerprint density at radius 2 is 2.20 bits per heavy atom. The van der Waals surface area contributed by atoms with E-state index in [0.717, 1.165) is 5.56 Å². The molecule has 76 valence electrons. The lowest BCUT2D eigenvalue weighted by atomic mass is 10.0. The number of hydrogen-bond acceptors (Lipinski definition) is 3. The zero-order valence-electron chi connectivity index (χ0n) is 8.03. The van der Waals surface area contributed by atoms with Gasteiger partial charge in [0.15, 0.2) is 5.78 Å². The maximum absolute atomic E-state index is 12.0. The number of rotatable bonds is 2. The lowest BCUT2D eigenvalue weighted by molar-refractivity contribution is 0.103. The monoisotopic (exact) mass is 221 g/mol. The average Bonchev–Trinajstić information content (AvgIpc) is 2.64. The maximum atomic E-state index is 12.0. The Labute approximate surface area is 91.7 Å². The number of aromatic nitrogens is 1. The fourth-order valence-electron chi connectivity index (χ4n) is 1.30. The third-order valence-corrected chi connectivity index (χ3v) is 2.44. The normalized spacial score (nSPS) is 10.3.